The molecule has 0 bridgehead atoms. The van der Waals surface area contributed by atoms with E-state index in [2.05, 4.69) is 9.82 Å². The van der Waals surface area contributed by atoms with E-state index in [1.165, 1.54) is 0 Å². The summed E-state index contributed by atoms with van der Waals surface area (Å²) in [4.78, 5) is 0.245. The van der Waals surface area contributed by atoms with E-state index in [0.717, 1.165) is 18.7 Å². The average molecular weight is 326 g/mol. The summed E-state index contributed by atoms with van der Waals surface area (Å²) in [6.45, 7) is 2.44. The number of nitrogens with zero attached hydrogens (tertiary/aromatic N) is 2. The third-order valence-corrected chi connectivity index (χ3v) is 5.85. The molecule has 1 aliphatic rings. The van der Waals surface area contributed by atoms with Crippen molar-refractivity contribution in [3.63, 3.8) is 0 Å². The molecule has 1 aliphatic heterocycles. The lowest BCUT2D eigenvalue weighted by molar-refractivity contribution is 0.414. The molecule has 1 atom stereocenters. The molecular weight excluding hydrogens is 310 g/mol. The van der Waals surface area contributed by atoms with Gasteiger partial charge in [-0.3, -0.25) is 4.68 Å². The van der Waals surface area contributed by atoms with Crippen molar-refractivity contribution in [2.75, 3.05) is 0 Å². The summed E-state index contributed by atoms with van der Waals surface area (Å²) in [5.41, 5.74) is 1.63. The second-order valence-corrected chi connectivity index (χ2v) is 7.31. The molecule has 0 fully saturated rings. The van der Waals surface area contributed by atoms with Gasteiger partial charge in [-0.2, -0.15) is 5.10 Å². The zero-order valence-corrected chi connectivity index (χ0v) is 13.2. The number of halogens is 1. The van der Waals surface area contributed by atoms with E-state index in [-0.39, 0.29) is 10.9 Å². The van der Waals surface area contributed by atoms with Crippen LogP contribution in [0.3, 0.4) is 0 Å². The van der Waals surface area contributed by atoms with Crippen molar-refractivity contribution in [1.82, 2.24) is 14.5 Å². The number of hydrogen-bond donors (Lipinski definition) is 1. The largest absolute Gasteiger partial charge is 0.269 e. The third kappa shape index (κ3) is 2.84. The number of sulfonamides is 1. The maximum absolute atomic E-state index is 12.5. The predicted molar refractivity (Wildman–Crippen MR) is 80.8 cm³/mol. The summed E-state index contributed by atoms with van der Waals surface area (Å²) in [5.74, 6) is 0. The van der Waals surface area contributed by atoms with Crippen LogP contribution in [-0.2, 0) is 23.0 Å². The highest BCUT2D eigenvalue weighted by atomic mass is 35.5. The van der Waals surface area contributed by atoms with E-state index < -0.39 is 10.0 Å². The quantitative estimate of drug-likeness (QED) is 0.940. The van der Waals surface area contributed by atoms with E-state index in [4.69, 9.17) is 11.6 Å². The van der Waals surface area contributed by atoms with Crippen molar-refractivity contribution in [3.8, 4) is 0 Å². The summed E-state index contributed by atoms with van der Waals surface area (Å²) < 4.78 is 29.8. The molecule has 3 rings (SSSR count). The maximum Gasteiger partial charge on any atom is 0.241 e. The zero-order chi connectivity index (χ0) is 15.0. The van der Waals surface area contributed by atoms with Gasteiger partial charge in [0.1, 0.15) is 0 Å². The minimum atomic E-state index is -3.56. The average Bonchev–Trinajstić information content (AvgIpc) is 2.88. The summed E-state index contributed by atoms with van der Waals surface area (Å²) in [6.07, 6.45) is 3.12. The molecule has 7 heteroatoms. The molecular formula is C14H16ClN3O2S. The van der Waals surface area contributed by atoms with Gasteiger partial charge in [0.25, 0.3) is 0 Å². The Hall–Kier alpha value is -1.37. The molecule has 0 saturated carbocycles. The van der Waals surface area contributed by atoms with Crippen molar-refractivity contribution in [2.45, 2.75) is 37.2 Å². The van der Waals surface area contributed by atoms with Crippen LogP contribution in [0.1, 0.15) is 17.7 Å². The van der Waals surface area contributed by atoms with Crippen LogP contribution in [0, 0.1) is 6.92 Å². The monoisotopic (exact) mass is 325 g/mol. The lowest BCUT2D eigenvalue weighted by Gasteiger charge is -2.24. The highest BCUT2D eigenvalue weighted by molar-refractivity contribution is 7.89. The number of nitrogens with one attached hydrogen (secondary N) is 1. The van der Waals surface area contributed by atoms with Crippen LogP contribution in [0.2, 0.25) is 5.02 Å². The van der Waals surface area contributed by atoms with Crippen LogP contribution in [0.25, 0.3) is 0 Å². The number of fused-ring (bicyclic) bond motifs is 1. The molecule has 1 aromatic heterocycles. The van der Waals surface area contributed by atoms with E-state index in [1.807, 2.05) is 10.7 Å². The maximum atomic E-state index is 12.5. The summed E-state index contributed by atoms with van der Waals surface area (Å²) in [7, 11) is -3.56. The van der Waals surface area contributed by atoms with E-state index >= 15 is 0 Å². The smallest absolute Gasteiger partial charge is 0.241 e. The first-order valence-corrected chi connectivity index (χ1v) is 8.61. The standard InChI is InChI=1S/C14H16ClN3O2S/c1-10-13(15)3-2-4-14(10)21(19,20)17-11-6-8-18-12(9-11)5-7-16-18/h2-5,7,11,17H,6,8-9H2,1H3/t11-/m0/s1. The zero-order valence-electron chi connectivity index (χ0n) is 11.6. The van der Waals surface area contributed by atoms with Gasteiger partial charge in [-0.1, -0.05) is 17.7 Å². The van der Waals surface area contributed by atoms with Gasteiger partial charge >= 0.3 is 0 Å². The number of hydrogen-bond acceptors (Lipinski definition) is 3. The molecule has 1 N–H and O–H groups in total. The first-order chi connectivity index (χ1) is 9.97. The fourth-order valence-corrected chi connectivity index (χ4v) is 4.40. The molecule has 21 heavy (non-hydrogen) atoms. The van der Waals surface area contributed by atoms with Crippen LogP contribution < -0.4 is 4.72 Å². The minimum absolute atomic E-state index is 0.113. The Balaban J connectivity index is 1.83. The van der Waals surface area contributed by atoms with Crippen LogP contribution in [0.5, 0.6) is 0 Å². The van der Waals surface area contributed by atoms with Crippen LogP contribution in [-0.4, -0.2) is 24.2 Å². The Labute approximate surface area is 129 Å². The van der Waals surface area contributed by atoms with Crippen molar-refractivity contribution in [3.05, 3.63) is 46.7 Å². The lowest BCUT2D eigenvalue weighted by Crippen LogP contribution is -2.40. The highest BCUT2D eigenvalue weighted by Crippen LogP contribution is 2.24. The first-order valence-electron chi connectivity index (χ1n) is 6.75. The fraction of sp³-hybridized carbons (Fsp3) is 0.357. The van der Waals surface area contributed by atoms with Gasteiger partial charge in [0.15, 0.2) is 0 Å². The van der Waals surface area contributed by atoms with E-state index in [9.17, 15) is 8.42 Å². The van der Waals surface area contributed by atoms with Crippen molar-refractivity contribution in [2.24, 2.45) is 0 Å². The second kappa shape index (κ2) is 5.44. The van der Waals surface area contributed by atoms with Crippen molar-refractivity contribution in [1.29, 1.82) is 0 Å². The fourth-order valence-electron chi connectivity index (χ4n) is 2.63. The highest BCUT2D eigenvalue weighted by Gasteiger charge is 2.26. The number of aromatic nitrogens is 2. The van der Waals surface area contributed by atoms with E-state index in [0.29, 0.717) is 17.0 Å². The lowest BCUT2D eigenvalue weighted by atomic mass is 10.1. The Bertz CT molecular complexity index is 770. The number of rotatable bonds is 3. The van der Waals surface area contributed by atoms with Crippen LogP contribution >= 0.6 is 11.6 Å². The SMILES string of the molecule is Cc1c(Cl)cccc1S(=O)(=O)N[C@H]1CCn2nccc2C1. The Morgan fingerprint density at radius 3 is 3.00 bits per heavy atom. The van der Waals surface area contributed by atoms with Crippen LogP contribution in [0.4, 0.5) is 0 Å². The first kappa shape index (κ1) is 14.6. The number of benzene rings is 1. The van der Waals surface area contributed by atoms with Gasteiger partial charge < -0.3 is 0 Å². The molecule has 0 amide bonds. The molecule has 0 spiro atoms. The Morgan fingerprint density at radius 2 is 2.19 bits per heavy atom. The molecule has 112 valence electrons. The van der Waals surface area contributed by atoms with E-state index in [1.54, 1.807) is 31.3 Å². The van der Waals surface area contributed by atoms with Crippen LogP contribution in [0.15, 0.2) is 35.4 Å². The molecule has 2 aromatic rings. The van der Waals surface area contributed by atoms with Gasteiger partial charge in [0.05, 0.1) is 4.90 Å². The molecule has 0 radical (unpaired) electrons. The molecule has 0 aliphatic carbocycles. The Kier molecular flexibility index (Phi) is 3.77. The summed E-state index contributed by atoms with van der Waals surface area (Å²) in [5, 5.41) is 4.65. The van der Waals surface area contributed by atoms with Gasteiger partial charge in [-0.15, -0.1) is 0 Å². The van der Waals surface area contributed by atoms with Gasteiger partial charge in [0, 0.05) is 35.9 Å². The second-order valence-electron chi connectivity index (χ2n) is 5.22. The Morgan fingerprint density at radius 1 is 1.38 bits per heavy atom. The topological polar surface area (TPSA) is 64.0 Å². The van der Waals surface area contributed by atoms with Crippen molar-refractivity contribution >= 4 is 21.6 Å². The molecule has 0 saturated heterocycles. The van der Waals surface area contributed by atoms with Gasteiger partial charge in [0.2, 0.25) is 10.0 Å². The van der Waals surface area contributed by atoms with Crippen molar-refractivity contribution < 1.29 is 8.42 Å². The molecule has 2 heterocycles. The molecule has 0 unspecified atom stereocenters. The minimum Gasteiger partial charge on any atom is -0.269 e. The predicted octanol–water partition coefficient (Wildman–Crippen LogP) is 2.14. The van der Waals surface area contributed by atoms with Gasteiger partial charge in [-0.25, -0.2) is 13.1 Å². The summed E-state index contributed by atoms with van der Waals surface area (Å²) in [6, 6.07) is 6.73. The summed E-state index contributed by atoms with van der Waals surface area (Å²) >= 11 is 6.01. The normalized spacial score (nSPS) is 18.5. The van der Waals surface area contributed by atoms with Gasteiger partial charge in [-0.05, 0) is 37.1 Å². The third-order valence-electron chi connectivity index (χ3n) is 3.78. The molecule has 1 aromatic carbocycles. The number of aryl methyl sites for hydroxylation is 1. The molecule has 5 nitrogen and oxygen atoms in total.